The standard InChI is InChI=1S/C24H22F2N2O4S/c1-16-2-8-21(13-22(16)26)33(30,31)27-20-7-9-23-18(12-20)14-28(24(29)15-32-23)11-10-17-3-5-19(25)6-4-17/h2-9,12-13,27H,10-11,14-15H2,1H3. The van der Waals surface area contributed by atoms with Gasteiger partial charge in [0.2, 0.25) is 0 Å². The van der Waals surface area contributed by atoms with E-state index in [9.17, 15) is 22.0 Å². The van der Waals surface area contributed by atoms with E-state index in [1.165, 1.54) is 30.3 Å². The molecule has 0 fully saturated rings. The van der Waals surface area contributed by atoms with E-state index in [-0.39, 0.29) is 35.5 Å². The number of ether oxygens (including phenoxy) is 1. The van der Waals surface area contributed by atoms with Crippen LogP contribution >= 0.6 is 0 Å². The summed E-state index contributed by atoms with van der Waals surface area (Å²) < 4.78 is 60.4. The van der Waals surface area contributed by atoms with Crippen LogP contribution < -0.4 is 9.46 Å². The van der Waals surface area contributed by atoms with Crippen LogP contribution in [0.4, 0.5) is 14.5 Å². The number of nitrogens with zero attached hydrogens (tertiary/aromatic N) is 1. The maximum atomic E-state index is 13.8. The highest BCUT2D eigenvalue weighted by Gasteiger charge is 2.23. The Labute approximate surface area is 190 Å². The van der Waals surface area contributed by atoms with Crippen molar-refractivity contribution in [3.63, 3.8) is 0 Å². The summed E-state index contributed by atoms with van der Waals surface area (Å²) in [4.78, 5) is 13.9. The minimum absolute atomic E-state index is 0.135. The first-order valence-corrected chi connectivity index (χ1v) is 11.8. The monoisotopic (exact) mass is 472 g/mol. The highest BCUT2D eigenvalue weighted by molar-refractivity contribution is 7.92. The molecule has 6 nitrogen and oxygen atoms in total. The molecule has 4 rings (SSSR count). The maximum Gasteiger partial charge on any atom is 0.261 e. The highest BCUT2D eigenvalue weighted by atomic mass is 32.2. The predicted molar refractivity (Wildman–Crippen MR) is 119 cm³/mol. The number of hydrogen-bond acceptors (Lipinski definition) is 4. The zero-order chi connectivity index (χ0) is 23.6. The van der Waals surface area contributed by atoms with E-state index in [1.807, 2.05) is 0 Å². The number of halogens is 2. The first-order chi connectivity index (χ1) is 15.7. The molecule has 1 amide bonds. The Balaban J connectivity index is 1.52. The van der Waals surface area contributed by atoms with Gasteiger partial charge in [-0.25, -0.2) is 17.2 Å². The SMILES string of the molecule is Cc1ccc(S(=O)(=O)Nc2ccc3c(c2)CN(CCc2ccc(F)cc2)C(=O)CO3)cc1F. The Morgan fingerprint density at radius 2 is 1.79 bits per heavy atom. The molecule has 0 saturated carbocycles. The van der Waals surface area contributed by atoms with Gasteiger partial charge in [0.15, 0.2) is 6.61 Å². The van der Waals surface area contributed by atoms with Crippen LogP contribution in [0.25, 0.3) is 0 Å². The summed E-state index contributed by atoms with van der Waals surface area (Å²) in [5.41, 5.74) is 2.14. The fraction of sp³-hybridized carbons (Fsp3) is 0.208. The molecule has 3 aromatic carbocycles. The van der Waals surface area contributed by atoms with Crippen LogP contribution in [-0.4, -0.2) is 32.4 Å². The van der Waals surface area contributed by atoms with Crippen molar-refractivity contribution in [2.45, 2.75) is 24.8 Å². The summed E-state index contributed by atoms with van der Waals surface area (Å²) in [5, 5.41) is 0. The molecule has 0 aliphatic carbocycles. The molecule has 33 heavy (non-hydrogen) atoms. The van der Waals surface area contributed by atoms with Crippen LogP contribution in [0.3, 0.4) is 0 Å². The number of rotatable bonds is 6. The van der Waals surface area contributed by atoms with Gasteiger partial charge < -0.3 is 9.64 Å². The van der Waals surface area contributed by atoms with E-state index in [0.717, 1.165) is 11.6 Å². The van der Waals surface area contributed by atoms with Gasteiger partial charge in [0, 0.05) is 24.3 Å². The number of fused-ring (bicyclic) bond motifs is 1. The molecule has 0 unspecified atom stereocenters. The molecule has 0 radical (unpaired) electrons. The summed E-state index contributed by atoms with van der Waals surface area (Å²) in [7, 11) is -4.00. The maximum absolute atomic E-state index is 13.8. The zero-order valence-corrected chi connectivity index (χ0v) is 18.7. The molecule has 9 heteroatoms. The van der Waals surface area contributed by atoms with Crippen molar-refractivity contribution in [2.75, 3.05) is 17.9 Å². The van der Waals surface area contributed by atoms with Gasteiger partial charge in [0.1, 0.15) is 17.4 Å². The van der Waals surface area contributed by atoms with Crippen LogP contribution in [0, 0.1) is 18.6 Å². The normalized spacial score (nSPS) is 13.8. The van der Waals surface area contributed by atoms with Crippen molar-refractivity contribution >= 4 is 21.6 Å². The summed E-state index contributed by atoms with van der Waals surface area (Å²) >= 11 is 0. The number of carbonyl (C=O) groups excluding carboxylic acids is 1. The number of carbonyl (C=O) groups is 1. The van der Waals surface area contributed by atoms with E-state index in [4.69, 9.17) is 4.74 Å². The lowest BCUT2D eigenvalue weighted by molar-refractivity contribution is -0.133. The van der Waals surface area contributed by atoms with Crippen LogP contribution in [0.1, 0.15) is 16.7 Å². The second kappa shape index (κ2) is 9.19. The number of sulfonamides is 1. The van der Waals surface area contributed by atoms with Crippen molar-refractivity contribution in [1.29, 1.82) is 0 Å². The number of amides is 1. The molecule has 0 spiro atoms. The molecule has 0 bridgehead atoms. The first kappa shape index (κ1) is 22.7. The number of aryl methyl sites for hydroxylation is 1. The minimum atomic E-state index is -4.00. The molecule has 1 N–H and O–H groups in total. The van der Waals surface area contributed by atoms with Crippen molar-refractivity contribution in [1.82, 2.24) is 4.90 Å². The van der Waals surface area contributed by atoms with E-state index < -0.39 is 15.8 Å². The highest BCUT2D eigenvalue weighted by Crippen LogP contribution is 2.28. The van der Waals surface area contributed by atoms with Gasteiger partial charge in [-0.2, -0.15) is 0 Å². The van der Waals surface area contributed by atoms with Gasteiger partial charge in [-0.05, 0) is 66.9 Å². The van der Waals surface area contributed by atoms with Gasteiger partial charge in [0.25, 0.3) is 15.9 Å². The minimum Gasteiger partial charge on any atom is -0.483 e. The quantitative estimate of drug-likeness (QED) is 0.588. The van der Waals surface area contributed by atoms with E-state index >= 15 is 0 Å². The van der Waals surface area contributed by atoms with Crippen LogP contribution in [0.5, 0.6) is 5.75 Å². The summed E-state index contributed by atoms with van der Waals surface area (Å²) in [6, 6.07) is 14.5. The Hall–Kier alpha value is -3.46. The lowest BCUT2D eigenvalue weighted by Crippen LogP contribution is -2.34. The molecule has 0 saturated heterocycles. The average Bonchev–Trinajstić information content (AvgIpc) is 2.93. The van der Waals surface area contributed by atoms with Gasteiger partial charge in [-0.15, -0.1) is 0 Å². The van der Waals surface area contributed by atoms with Crippen LogP contribution in [0.2, 0.25) is 0 Å². The van der Waals surface area contributed by atoms with Crippen LogP contribution in [-0.2, 0) is 27.8 Å². The lowest BCUT2D eigenvalue weighted by atomic mass is 10.1. The van der Waals surface area contributed by atoms with Crippen LogP contribution in [0.15, 0.2) is 65.6 Å². The number of anilines is 1. The fourth-order valence-electron chi connectivity index (χ4n) is 3.51. The van der Waals surface area contributed by atoms with Gasteiger partial charge in [-0.3, -0.25) is 9.52 Å². The van der Waals surface area contributed by atoms with E-state index in [2.05, 4.69) is 4.72 Å². The fourth-order valence-corrected chi connectivity index (χ4v) is 4.57. The second-order valence-electron chi connectivity index (χ2n) is 7.82. The number of nitrogens with one attached hydrogen (secondary N) is 1. The van der Waals surface area contributed by atoms with Gasteiger partial charge in [-0.1, -0.05) is 18.2 Å². The Morgan fingerprint density at radius 3 is 2.52 bits per heavy atom. The predicted octanol–water partition coefficient (Wildman–Crippen LogP) is 4.04. The molecule has 0 atom stereocenters. The van der Waals surface area contributed by atoms with Gasteiger partial charge in [0.05, 0.1) is 4.90 Å². The van der Waals surface area contributed by atoms with E-state index in [1.54, 1.807) is 36.1 Å². The average molecular weight is 473 g/mol. The third-order valence-electron chi connectivity index (χ3n) is 5.42. The van der Waals surface area contributed by atoms with Crippen molar-refractivity contribution < 1.29 is 26.7 Å². The Kier molecular flexibility index (Phi) is 6.33. The molecule has 1 aliphatic heterocycles. The molecule has 172 valence electrons. The molecule has 3 aromatic rings. The number of benzene rings is 3. The molecular weight excluding hydrogens is 450 g/mol. The summed E-state index contributed by atoms with van der Waals surface area (Å²) in [6.45, 7) is 2.04. The first-order valence-electron chi connectivity index (χ1n) is 10.3. The largest absolute Gasteiger partial charge is 0.483 e. The smallest absolute Gasteiger partial charge is 0.261 e. The molecule has 0 aromatic heterocycles. The van der Waals surface area contributed by atoms with Gasteiger partial charge >= 0.3 is 0 Å². The van der Waals surface area contributed by atoms with Crippen molar-refractivity contribution in [3.8, 4) is 5.75 Å². The third kappa shape index (κ3) is 5.31. The number of hydrogen-bond donors (Lipinski definition) is 1. The third-order valence-corrected chi connectivity index (χ3v) is 6.79. The second-order valence-corrected chi connectivity index (χ2v) is 9.50. The summed E-state index contributed by atoms with van der Waals surface area (Å²) in [5.74, 6) is -0.652. The molecule has 1 heterocycles. The lowest BCUT2D eigenvalue weighted by Gasteiger charge is -2.20. The van der Waals surface area contributed by atoms with Crippen molar-refractivity contribution in [3.05, 3.63) is 89.0 Å². The zero-order valence-electron chi connectivity index (χ0n) is 17.8. The topological polar surface area (TPSA) is 75.7 Å². The molecular formula is C24H22F2N2O4S. The Bertz CT molecular complexity index is 1290. The van der Waals surface area contributed by atoms with E-state index in [0.29, 0.717) is 29.8 Å². The Morgan fingerprint density at radius 1 is 1.03 bits per heavy atom. The molecule has 1 aliphatic rings. The van der Waals surface area contributed by atoms with Crippen molar-refractivity contribution in [2.24, 2.45) is 0 Å². The summed E-state index contributed by atoms with van der Waals surface area (Å²) in [6.07, 6.45) is 0.534.